The Kier molecular flexibility index (Phi) is 3.91. The summed E-state index contributed by atoms with van der Waals surface area (Å²) in [5.74, 6) is 0.595. The van der Waals surface area contributed by atoms with Crippen LogP contribution in [0.2, 0.25) is 5.02 Å². The second-order valence-electron chi connectivity index (χ2n) is 6.32. The third kappa shape index (κ3) is 2.64. The monoisotopic (exact) mass is 353 g/mol. The van der Waals surface area contributed by atoms with E-state index in [0.29, 0.717) is 17.5 Å². The Hall–Kier alpha value is -2.09. The predicted molar refractivity (Wildman–Crippen MR) is 100 cm³/mol. The van der Waals surface area contributed by atoms with Crippen molar-refractivity contribution in [3.8, 4) is 6.07 Å². The predicted octanol–water partition coefficient (Wildman–Crippen LogP) is 4.84. The van der Waals surface area contributed by atoms with Crippen molar-refractivity contribution in [1.29, 1.82) is 5.26 Å². The standard InChI is InChI=1S/C19H16ClN3S/c20-14-3-6-16-17(10-14)13-7-8-23(18(16)9-13)19(24)22-15-4-1-12(11-21)2-5-15/h1-6,10,13,18H,7-9H2,(H,22,24)/t13-,18-/m1/s1. The lowest BCUT2D eigenvalue weighted by molar-refractivity contribution is 0.252. The number of fused-ring (bicyclic) bond motifs is 5. The van der Waals surface area contributed by atoms with Crippen LogP contribution in [0, 0.1) is 11.3 Å². The van der Waals surface area contributed by atoms with Crippen molar-refractivity contribution >= 4 is 34.6 Å². The van der Waals surface area contributed by atoms with Gasteiger partial charge in [0.2, 0.25) is 0 Å². The molecule has 1 aliphatic heterocycles. The average molecular weight is 354 g/mol. The number of hydrogen-bond acceptors (Lipinski definition) is 2. The van der Waals surface area contributed by atoms with Gasteiger partial charge in [0, 0.05) is 17.3 Å². The largest absolute Gasteiger partial charge is 0.342 e. The lowest BCUT2D eigenvalue weighted by atomic mass is 9.96. The molecule has 1 fully saturated rings. The van der Waals surface area contributed by atoms with E-state index in [1.54, 1.807) is 12.1 Å². The highest BCUT2D eigenvalue weighted by Crippen LogP contribution is 2.49. The van der Waals surface area contributed by atoms with Crippen molar-refractivity contribution in [1.82, 2.24) is 4.90 Å². The van der Waals surface area contributed by atoms with E-state index in [1.165, 1.54) is 11.1 Å². The quantitative estimate of drug-likeness (QED) is 0.744. The Bertz CT molecular complexity index is 841. The van der Waals surface area contributed by atoms with E-state index in [2.05, 4.69) is 28.4 Å². The lowest BCUT2D eigenvalue weighted by Gasteiger charge is -2.36. The zero-order valence-electron chi connectivity index (χ0n) is 13.0. The molecule has 2 atom stereocenters. The smallest absolute Gasteiger partial charge is 0.173 e. The molecule has 0 saturated carbocycles. The molecular weight excluding hydrogens is 338 g/mol. The molecule has 1 heterocycles. The van der Waals surface area contributed by atoms with E-state index in [-0.39, 0.29) is 0 Å². The number of hydrogen-bond donors (Lipinski definition) is 1. The second kappa shape index (κ2) is 6.08. The maximum absolute atomic E-state index is 8.88. The molecule has 4 rings (SSSR count). The molecular formula is C19H16ClN3S. The molecule has 2 aromatic rings. The van der Waals surface area contributed by atoms with Crippen molar-refractivity contribution in [2.24, 2.45) is 0 Å². The van der Waals surface area contributed by atoms with Crippen LogP contribution >= 0.6 is 23.8 Å². The highest BCUT2D eigenvalue weighted by molar-refractivity contribution is 7.80. The number of anilines is 1. The van der Waals surface area contributed by atoms with Crippen LogP contribution < -0.4 is 5.32 Å². The van der Waals surface area contributed by atoms with Crippen LogP contribution in [-0.4, -0.2) is 16.6 Å². The molecule has 3 nitrogen and oxygen atoms in total. The van der Waals surface area contributed by atoms with E-state index < -0.39 is 0 Å². The van der Waals surface area contributed by atoms with Gasteiger partial charge in [-0.15, -0.1) is 0 Å². The zero-order valence-corrected chi connectivity index (χ0v) is 14.6. The maximum Gasteiger partial charge on any atom is 0.173 e. The SMILES string of the molecule is N#Cc1ccc(NC(=S)N2CC[C@@H]3C[C@@H]2c2ccc(Cl)cc23)cc1. The number of nitrogens with zero attached hydrogens (tertiary/aromatic N) is 2. The van der Waals surface area contributed by atoms with E-state index in [0.717, 1.165) is 35.2 Å². The zero-order chi connectivity index (χ0) is 16.7. The summed E-state index contributed by atoms with van der Waals surface area (Å²) in [4.78, 5) is 2.28. The van der Waals surface area contributed by atoms with Crippen molar-refractivity contribution in [2.75, 3.05) is 11.9 Å². The van der Waals surface area contributed by atoms with Crippen molar-refractivity contribution in [2.45, 2.75) is 24.8 Å². The van der Waals surface area contributed by atoms with Crippen LogP contribution in [0.5, 0.6) is 0 Å². The third-order valence-electron chi connectivity index (χ3n) is 4.98. The van der Waals surface area contributed by atoms with Gasteiger partial charge in [-0.3, -0.25) is 0 Å². The average Bonchev–Trinajstić information content (AvgIpc) is 2.87. The fraction of sp³-hybridized carbons (Fsp3) is 0.263. The molecule has 1 saturated heterocycles. The molecule has 0 radical (unpaired) electrons. The van der Waals surface area contributed by atoms with Gasteiger partial charge < -0.3 is 10.2 Å². The number of halogens is 1. The Balaban J connectivity index is 1.55. The molecule has 1 N–H and O–H groups in total. The van der Waals surface area contributed by atoms with Crippen LogP contribution in [0.25, 0.3) is 0 Å². The number of benzene rings is 2. The van der Waals surface area contributed by atoms with Gasteiger partial charge in [-0.1, -0.05) is 17.7 Å². The molecule has 0 spiro atoms. The summed E-state index contributed by atoms with van der Waals surface area (Å²) in [5, 5.41) is 13.7. The molecule has 5 heteroatoms. The normalized spacial score (nSPS) is 21.1. The summed E-state index contributed by atoms with van der Waals surface area (Å²) in [7, 11) is 0. The highest BCUT2D eigenvalue weighted by atomic mass is 35.5. The van der Waals surface area contributed by atoms with E-state index >= 15 is 0 Å². The maximum atomic E-state index is 8.88. The topological polar surface area (TPSA) is 39.1 Å². The molecule has 1 aliphatic carbocycles. The van der Waals surface area contributed by atoms with Crippen LogP contribution in [0.3, 0.4) is 0 Å². The Labute approximate surface area is 151 Å². The first-order chi connectivity index (χ1) is 11.7. The van der Waals surface area contributed by atoms with E-state index in [9.17, 15) is 0 Å². The van der Waals surface area contributed by atoms with Gasteiger partial charge in [0.25, 0.3) is 0 Å². The second-order valence-corrected chi connectivity index (χ2v) is 7.15. The van der Waals surface area contributed by atoms with Gasteiger partial charge in [-0.2, -0.15) is 5.26 Å². The van der Waals surface area contributed by atoms with Gasteiger partial charge in [0.05, 0.1) is 17.7 Å². The molecule has 0 unspecified atom stereocenters. The fourth-order valence-corrected chi connectivity index (χ4v) is 4.33. The number of nitrogens with one attached hydrogen (secondary N) is 1. The molecule has 2 bridgehead atoms. The Morgan fingerprint density at radius 1 is 1.21 bits per heavy atom. The third-order valence-corrected chi connectivity index (χ3v) is 5.55. The number of likely N-dealkylation sites (tertiary alicyclic amines) is 1. The summed E-state index contributed by atoms with van der Waals surface area (Å²) in [6.45, 7) is 0.948. The molecule has 2 aliphatic rings. The van der Waals surface area contributed by atoms with Crippen molar-refractivity contribution in [3.63, 3.8) is 0 Å². The van der Waals surface area contributed by atoms with Gasteiger partial charge in [-0.25, -0.2) is 0 Å². The summed E-state index contributed by atoms with van der Waals surface area (Å²) in [6.07, 6.45) is 2.20. The molecule has 120 valence electrons. The van der Waals surface area contributed by atoms with Crippen LogP contribution in [0.4, 0.5) is 5.69 Å². The first kappa shape index (κ1) is 15.4. The van der Waals surface area contributed by atoms with Crippen LogP contribution in [0.15, 0.2) is 42.5 Å². The molecule has 24 heavy (non-hydrogen) atoms. The number of rotatable bonds is 1. The highest BCUT2D eigenvalue weighted by Gasteiger charge is 2.39. The number of thiocarbonyl (C=S) groups is 1. The molecule has 2 aromatic carbocycles. The van der Waals surface area contributed by atoms with Gasteiger partial charge in [0.1, 0.15) is 0 Å². The summed E-state index contributed by atoms with van der Waals surface area (Å²) < 4.78 is 0. The van der Waals surface area contributed by atoms with Crippen molar-refractivity contribution < 1.29 is 0 Å². The lowest BCUT2D eigenvalue weighted by Crippen LogP contribution is -2.40. The minimum absolute atomic E-state index is 0.328. The van der Waals surface area contributed by atoms with Gasteiger partial charge in [0.15, 0.2) is 5.11 Å². The Morgan fingerprint density at radius 2 is 2.00 bits per heavy atom. The fourth-order valence-electron chi connectivity index (χ4n) is 3.81. The summed E-state index contributed by atoms with van der Waals surface area (Å²) >= 11 is 11.8. The minimum Gasteiger partial charge on any atom is -0.342 e. The van der Waals surface area contributed by atoms with Crippen LogP contribution in [-0.2, 0) is 0 Å². The first-order valence-electron chi connectivity index (χ1n) is 8.03. The summed E-state index contributed by atoms with van der Waals surface area (Å²) in [5.41, 5.74) is 4.30. The minimum atomic E-state index is 0.328. The molecule has 0 aromatic heterocycles. The first-order valence-corrected chi connectivity index (χ1v) is 8.81. The van der Waals surface area contributed by atoms with Crippen molar-refractivity contribution in [3.05, 3.63) is 64.2 Å². The number of piperidine rings is 1. The van der Waals surface area contributed by atoms with Crippen LogP contribution in [0.1, 0.15) is 41.5 Å². The Morgan fingerprint density at radius 3 is 2.75 bits per heavy atom. The van der Waals surface area contributed by atoms with Gasteiger partial charge in [-0.05, 0) is 78.5 Å². The van der Waals surface area contributed by atoms with E-state index in [4.69, 9.17) is 29.1 Å². The van der Waals surface area contributed by atoms with E-state index in [1.807, 2.05) is 18.2 Å². The number of nitriles is 1. The molecule has 0 amide bonds. The van der Waals surface area contributed by atoms with Gasteiger partial charge >= 0.3 is 0 Å². The summed E-state index contributed by atoms with van der Waals surface area (Å²) in [6, 6.07) is 16.0.